The smallest absolute Gasteiger partial charge is 0.248 e. The summed E-state index contributed by atoms with van der Waals surface area (Å²) in [5.41, 5.74) is 6.29. The molecule has 0 saturated heterocycles. The van der Waals surface area contributed by atoms with Crippen LogP contribution in [0.3, 0.4) is 0 Å². The van der Waals surface area contributed by atoms with Crippen LogP contribution in [0.5, 0.6) is 0 Å². The molecule has 0 saturated carbocycles. The lowest BCUT2D eigenvalue weighted by atomic mass is 10.2. The molecule has 0 aliphatic heterocycles. The van der Waals surface area contributed by atoms with Crippen LogP contribution in [0.1, 0.15) is 12.5 Å². The number of methoxy groups -OCH3 is 1. The third-order valence-electron chi connectivity index (χ3n) is 2.50. The van der Waals surface area contributed by atoms with Crippen LogP contribution in [0.2, 0.25) is 5.02 Å². The second-order valence-corrected chi connectivity index (χ2v) is 6.46. The molecular formula is C14H20ClN3O2S2. The van der Waals surface area contributed by atoms with Crippen LogP contribution < -0.4 is 16.2 Å². The maximum atomic E-state index is 11.7. The lowest BCUT2D eigenvalue weighted by molar-refractivity contribution is -0.119. The second-order valence-electron chi connectivity index (χ2n) is 4.63. The highest BCUT2D eigenvalue weighted by atomic mass is 35.5. The SMILES string of the molecule is COC[C@H](C)NC(=S)NNC(=O)CSCc1cccc(Cl)c1. The number of thioether (sulfide) groups is 1. The predicted octanol–water partition coefficient (Wildman–Crippen LogP) is 2.10. The second kappa shape index (κ2) is 10.7. The van der Waals surface area contributed by atoms with Crippen LogP contribution in [0.25, 0.3) is 0 Å². The fourth-order valence-electron chi connectivity index (χ4n) is 1.60. The van der Waals surface area contributed by atoms with Crippen LogP contribution >= 0.6 is 35.6 Å². The van der Waals surface area contributed by atoms with Crippen molar-refractivity contribution in [2.45, 2.75) is 18.7 Å². The molecule has 0 fully saturated rings. The molecule has 0 unspecified atom stereocenters. The van der Waals surface area contributed by atoms with E-state index in [0.717, 1.165) is 11.3 Å². The highest BCUT2D eigenvalue weighted by Crippen LogP contribution is 2.16. The van der Waals surface area contributed by atoms with Crippen molar-refractivity contribution in [3.8, 4) is 0 Å². The molecule has 1 atom stereocenters. The molecule has 0 spiro atoms. The molecule has 1 amide bonds. The number of carbonyl (C=O) groups excluding carboxylic acids is 1. The zero-order valence-corrected chi connectivity index (χ0v) is 14.9. The Hall–Kier alpha value is -1.02. The van der Waals surface area contributed by atoms with Crippen LogP contribution in [-0.2, 0) is 15.3 Å². The summed E-state index contributed by atoms with van der Waals surface area (Å²) in [7, 11) is 1.62. The molecule has 1 aromatic rings. The van der Waals surface area contributed by atoms with Crippen LogP contribution in [0.4, 0.5) is 0 Å². The maximum absolute atomic E-state index is 11.7. The van der Waals surface area contributed by atoms with E-state index in [1.54, 1.807) is 7.11 Å². The van der Waals surface area contributed by atoms with Gasteiger partial charge in [-0.3, -0.25) is 15.6 Å². The van der Waals surface area contributed by atoms with E-state index >= 15 is 0 Å². The van der Waals surface area contributed by atoms with Gasteiger partial charge in [0.15, 0.2) is 5.11 Å². The summed E-state index contributed by atoms with van der Waals surface area (Å²) in [5, 5.41) is 4.04. The van der Waals surface area contributed by atoms with Crippen molar-refractivity contribution in [1.29, 1.82) is 0 Å². The molecule has 0 aliphatic rings. The molecule has 5 nitrogen and oxygen atoms in total. The van der Waals surface area contributed by atoms with E-state index in [0.29, 0.717) is 22.5 Å². The molecule has 0 heterocycles. The summed E-state index contributed by atoms with van der Waals surface area (Å²) in [5.74, 6) is 0.910. The van der Waals surface area contributed by atoms with Crippen molar-refractivity contribution in [2.75, 3.05) is 19.5 Å². The first-order chi connectivity index (χ1) is 10.5. The molecule has 122 valence electrons. The predicted molar refractivity (Wildman–Crippen MR) is 96.0 cm³/mol. The number of hydrogen-bond donors (Lipinski definition) is 3. The number of hydrogen-bond acceptors (Lipinski definition) is 4. The van der Waals surface area contributed by atoms with Gasteiger partial charge in [-0.15, -0.1) is 11.8 Å². The average Bonchev–Trinajstić information content (AvgIpc) is 2.45. The van der Waals surface area contributed by atoms with Crippen molar-refractivity contribution < 1.29 is 9.53 Å². The van der Waals surface area contributed by atoms with Crippen LogP contribution in [0.15, 0.2) is 24.3 Å². The third-order valence-corrected chi connectivity index (χ3v) is 3.96. The maximum Gasteiger partial charge on any atom is 0.248 e. The van der Waals surface area contributed by atoms with Gasteiger partial charge in [-0.1, -0.05) is 23.7 Å². The molecule has 0 radical (unpaired) electrons. The summed E-state index contributed by atoms with van der Waals surface area (Å²) >= 11 is 12.5. The van der Waals surface area contributed by atoms with Crippen molar-refractivity contribution >= 4 is 46.6 Å². The number of hydrazine groups is 1. The highest BCUT2D eigenvalue weighted by molar-refractivity contribution is 7.99. The van der Waals surface area contributed by atoms with Crippen LogP contribution in [-0.4, -0.2) is 36.5 Å². The number of amides is 1. The van der Waals surface area contributed by atoms with Gasteiger partial charge in [-0.05, 0) is 36.8 Å². The Labute approximate surface area is 145 Å². The minimum absolute atomic E-state index is 0.0686. The van der Waals surface area contributed by atoms with E-state index in [9.17, 15) is 4.79 Å². The lowest BCUT2D eigenvalue weighted by Crippen LogP contribution is -2.50. The zero-order valence-electron chi connectivity index (χ0n) is 12.5. The van der Waals surface area contributed by atoms with Gasteiger partial charge < -0.3 is 10.1 Å². The molecule has 8 heteroatoms. The number of nitrogens with one attached hydrogen (secondary N) is 3. The molecule has 0 aliphatic carbocycles. The first kappa shape index (κ1) is 19.0. The third kappa shape index (κ3) is 8.43. The minimum atomic E-state index is -0.143. The lowest BCUT2D eigenvalue weighted by Gasteiger charge is -2.16. The Balaban J connectivity index is 2.17. The Bertz CT molecular complexity index is 503. The number of ether oxygens (including phenoxy) is 1. The summed E-state index contributed by atoms with van der Waals surface area (Å²) < 4.78 is 4.98. The fraction of sp³-hybridized carbons (Fsp3) is 0.429. The Morgan fingerprint density at radius 2 is 2.23 bits per heavy atom. The minimum Gasteiger partial charge on any atom is -0.383 e. The summed E-state index contributed by atoms with van der Waals surface area (Å²) in [4.78, 5) is 11.7. The zero-order chi connectivity index (χ0) is 16.4. The highest BCUT2D eigenvalue weighted by Gasteiger charge is 2.05. The summed E-state index contributed by atoms with van der Waals surface area (Å²) in [6.07, 6.45) is 0. The number of carbonyl (C=O) groups is 1. The normalized spacial score (nSPS) is 11.6. The van der Waals surface area contributed by atoms with Gasteiger partial charge in [0.1, 0.15) is 0 Å². The largest absolute Gasteiger partial charge is 0.383 e. The van der Waals surface area contributed by atoms with Gasteiger partial charge in [0.2, 0.25) is 5.91 Å². The number of halogens is 1. The quantitative estimate of drug-likeness (QED) is 0.510. The first-order valence-electron chi connectivity index (χ1n) is 6.67. The van der Waals surface area contributed by atoms with Crippen molar-refractivity contribution in [1.82, 2.24) is 16.2 Å². The molecule has 1 rings (SSSR count). The fourth-order valence-corrected chi connectivity index (χ4v) is 2.84. The van der Waals surface area contributed by atoms with E-state index in [-0.39, 0.29) is 11.9 Å². The molecule has 22 heavy (non-hydrogen) atoms. The monoisotopic (exact) mass is 361 g/mol. The molecule has 0 aromatic heterocycles. The van der Waals surface area contributed by atoms with E-state index in [1.165, 1.54) is 11.8 Å². The number of rotatable bonds is 7. The summed E-state index contributed by atoms with van der Waals surface area (Å²) in [6, 6.07) is 7.65. The summed E-state index contributed by atoms with van der Waals surface area (Å²) in [6.45, 7) is 2.46. The number of thiocarbonyl (C=S) groups is 1. The van der Waals surface area contributed by atoms with Gasteiger partial charge in [-0.25, -0.2) is 0 Å². The van der Waals surface area contributed by atoms with E-state index in [4.69, 9.17) is 28.6 Å². The Kier molecular flexibility index (Phi) is 9.22. The molecule has 3 N–H and O–H groups in total. The van der Waals surface area contributed by atoms with Crippen molar-refractivity contribution in [2.24, 2.45) is 0 Å². The standard InChI is InChI=1S/C14H20ClN3O2S2/c1-10(7-20-2)16-14(21)18-17-13(19)9-22-8-11-4-3-5-12(15)6-11/h3-6,10H,7-9H2,1-2H3,(H,17,19)(H2,16,18,21)/t10-/m0/s1. The van der Waals surface area contributed by atoms with Gasteiger partial charge in [0.05, 0.1) is 12.4 Å². The topological polar surface area (TPSA) is 62.4 Å². The van der Waals surface area contributed by atoms with Gasteiger partial charge in [-0.2, -0.15) is 0 Å². The van der Waals surface area contributed by atoms with Gasteiger partial charge in [0.25, 0.3) is 0 Å². The number of benzene rings is 1. The van der Waals surface area contributed by atoms with Crippen LogP contribution in [0, 0.1) is 0 Å². The van der Waals surface area contributed by atoms with Gasteiger partial charge in [0, 0.05) is 23.9 Å². The van der Waals surface area contributed by atoms with E-state index in [2.05, 4.69) is 16.2 Å². The molecular weight excluding hydrogens is 342 g/mol. The van der Waals surface area contributed by atoms with E-state index < -0.39 is 0 Å². The first-order valence-corrected chi connectivity index (χ1v) is 8.62. The van der Waals surface area contributed by atoms with E-state index in [1.807, 2.05) is 31.2 Å². The molecule has 0 bridgehead atoms. The van der Waals surface area contributed by atoms with Crippen molar-refractivity contribution in [3.63, 3.8) is 0 Å². The Morgan fingerprint density at radius 3 is 2.91 bits per heavy atom. The Morgan fingerprint density at radius 1 is 1.45 bits per heavy atom. The van der Waals surface area contributed by atoms with Crippen molar-refractivity contribution in [3.05, 3.63) is 34.9 Å². The van der Waals surface area contributed by atoms with Gasteiger partial charge >= 0.3 is 0 Å². The molecule has 1 aromatic carbocycles. The average molecular weight is 362 g/mol.